The van der Waals surface area contributed by atoms with E-state index in [0.717, 1.165) is 4.52 Å². The van der Waals surface area contributed by atoms with Crippen LogP contribution in [0, 0.1) is 0 Å². The number of carboxylic acids is 1. The number of H-pyrrole nitrogens is 1. The molecule has 0 aliphatic rings. The Bertz CT molecular complexity index is 1110. The molecular weight excluding hydrogens is 294 g/mol. The minimum atomic E-state index is -1.12. The van der Waals surface area contributed by atoms with Crippen molar-refractivity contribution in [2.24, 2.45) is 0 Å². The summed E-state index contributed by atoms with van der Waals surface area (Å²) in [5.41, 5.74) is 1.36. The van der Waals surface area contributed by atoms with Crippen molar-refractivity contribution in [3.63, 3.8) is 0 Å². The summed E-state index contributed by atoms with van der Waals surface area (Å²) in [5, 5.41) is 14.6. The number of rotatable bonds is 2. The highest BCUT2D eigenvalue weighted by Crippen LogP contribution is 2.29. The number of nitrogens with one attached hydrogen (secondary N) is 1. The highest BCUT2D eigenvalue weighted by Gasteiger charge is 2.23. The van der Waals surface area contributed by atoms with Crippen molar-refractivity contribution < 1.29 is 9.90 Å². The molecule has 0 amide bonds. The quantitative estimate of drug-likeness (QED) is 0.596. The van der Waals surface area contributed by atoms with Gasteiger partial charge in [-0.3, -0.25) is 0 Å². The minimum Gasteiger partial charge on any atom is -0.478 e. The maximum absolute atomic E-state index is 12.3. The first-order chi connectivity index (χ1) is 11.2. The third kappa shape index (κ3) is 1.92. The Kier molecular flexibility index (Phi) is 2.77. The molecule has 6 nitrogen and oxygen atoms in total. The Morgan fingerprint density at radius 3 is 2.48 bits per heavy atom. The summed E-state index contributed by atoms with van der Waals surface area (Å²) in [7, 11) is 0. The molecule has 0 aliphatic carbocycles. The number of hydrogen-bond donors (Lipinski definition) is 2. The second-order valence-electron chi connectivity index (χ2n) is 5.13. The number of nitrogens with zero attached hydrogens (tertiary/aromatic N) is 2. The lowest BCUT2D eigenvalue weighted by atomic mass is 10.0. The second kappa shape index (κ2) is 4.81. The molecule has 0 radical (unpaired) electrons. The van der Waals surface area contributed by atoms with E-state index in [1.54, 1.807) is 48.5 Å². The summed E-state index contributed by atoms with van der Waals surface area (Å²) >= 11 is 0. The molecule has 2 aromatic carbocycles. The molecule has 2 aromatic heterocycles. The van der Waals surface area contributed by atoms with Crippen molar-refractivity contribution >= 4 is 22.4 Å². The monoisotopic (exact) mass is 305 g/mol. The number of aromatic carboxylic acids is 1. The van der Waals surface area contributed by atoms with Gasteiger partial charge in [-0.1, -0.05) is 48.5 Å². The lowest BCUT2D eigenvalue weighted by Gasteiger charge is -2.01. The van der Waals surface area contributed by atoms with Crippen LogP contribution in [0.3, 0.4) is 0 Å². The van der Waals surface area contributed by atoms with Gasteiger partial charge in [-0.25, -0.2) is 9.59 Å². The van der Waals surface area contributed by atoms with Gasteiger partial charge in [-0.05, 0) is 6.07 Å². The molecule has 4 aromatic rings. The highest BCUT2D eigenvalue weighted by atomic mass is 16.4. The molecule has 0 bridgehead atoms. The topological polar surface area (TPSA) is 87.5 Å². The summed E-state index contributed by atoms with van der Waals surface area (Å²) in [6.45, 7) is 0. The van der Waals surface area contributed by atoms with Crippen LogP contribution in [0.5, 0.6) is 0 Å². The molecule has 0 atom stereocenters. The summed E-state index contributed by atoms with van der Waals surface area (Å²) in [6, 6.07) is 16.0. The lowest BCUT2D eigenvalue weighted by molar-refractivity contribution is 0.0700. The number of fused-ring (bicyclic) bond motifs is 3. The maximum Gasteiger partial charge on any atom is 0.347 e. The van der Waals surface area contributed by atoms with Gasteiger partial charge in [0.2, 0.25) is 0 Å². The van der Waals surface area contributed by atoms with Crippen LogP contribution in [0.2, 0.25) is 0 Å². The van der Waals surface area contributed by atoms with E-state index in [1.807, 2.05) is 6.07 Å². The van der Waals surface area contributed by atoms with E-state index < -0.39 is 11.7 Å². The number of hydrogen-bond acceptors (Lipinski definition) is 3. The Morgan fingerprint density at radius 1 is 1.04 bits per heavy atom. The van der Waals surface area contributed by atoms with E-state index >= 15 is 0 Å². The average Bonchev–Trinajstić information content (AvgIpc) is 2.97. The number of aromatic amines is 1. The van der Waals surface area contributed by atoms with Gasteiger partial charge in [0.25, 0.3) is 0 Å². The predicted molar refractivity (Wildman–Crippen MR) is 85.7 cm³/mol. The van der Waals surface area contributed by atoms with Gasteiger partial charge in [0.1, 0.15) is 11.3 Å². The van der Waals surface area contributed by atoms with Gasteiger partial charge in [0.15, 0.2) is 0 Å². The van der Waals surface area contributed by atoms with Crippen molar-refractivity contribution in [3.05, 3.63) is 70.6 Å². The van der Waals surface area contributed by atoms with Crippen molar-refractivity contribution in [3.8, 4) is 11.3 Å². The van der Waals surface area contributed by atoms with E-state index in [9.17, 15) is 14.7 Å². The first-order valence-electron chi connectivity index (χ1n) is 6.99. The van der Waals surface area contributed by atoms with Crippen LogP contribution in [0.4, 0.5) is 0 Å². The third-order valence-corrected chi connectivity index (χ3v) is 3.76. The van der Waals surface area contributed by atoms with Crippen LogP contribution >= 0.6 is 0 Å². The number of aromatic nitrogens is 3. The van der Waals surface area contributed by atoms with Crippen LogP contribution in [-0.2, 0) is 0 Å². The standard InChI is InChI=1S/C17H11N3O3/c21-16(22)13-14(10-6-2-1-3-7-10)19-20-15(13)11-8-4-5-9-12(11)18-17(20)23/h1-9H,(H,18,23)(H,21,22). The molecule has 0 saturated heterocycles. The van der Waals surface area contributed by atoms with Gasteiger partial charge < -0.3 is 10.1 Å². The third-order valence-electron chi connectivity index (χ3n) is 3.76. The van der Waals surface area contributed by atoms with Crippen LogP contribution in [0.15, 0.2) is 59.4 Å². The predicted octanol–water partition coefficient (Wildman–Crippen LogP) is 2.54. The molecule has 2 N–H and O–H groups in total. The van der Waals surface area contributed by atoms with Crippen LogP contribution in [0.25, 0.3) is 27.7 Å². The average molecular weight is 305 g/mol. The first-order valence-corrected chi connectivity index (χ1v) is 6.99. The van der Waals surface area contributed by atoms with E-state index in [1.165, 1.54) is 0 Å². The summed E-state index contributed by atoms with van der Waals surface area (Å²) in [6.07, 6.45) is 0. The zero-order valence-electron chi connectivity index (χ0n) is 11.9. The first kappa shape index (κ1) is 13.3. The fourth-order valence-electron chi connectivity index (χ4n) is 2.78. The van der Waals surface area contributed by atoms with Gasteiger partial charge in [-0.2, -0.15) is 9.61 Å². The van der Waals surface area contributed by atoms with E-state index in [2.05, 4.69) is 10.1 Å². The molecule has 0 spiro atoms. The molecule has 112 valence electrons. The highest BCUT2D eigenvalue weighted by molar-refractivity contribution is 6.10. The fourth-order valence-corrected chi connectivity index (χ4v) is 2.78. The maximum atomic E-state index is 12.3. The summed E-state index contributed by atoms with van der Waals surface area (Å²) in [5.74, 6) is -1.12. The summed E-state index contributed by atoms with van der Waals surface area (Å²) in [4.78, 5) is 26.8. The van der Waals surface area contributed by atoms with Crippen molar-refractivity contribution in [2.45, 2.75) is 0 Å². The van der Waals surface area contributed by atoms with Gasteiger partial charge in [0, 0.05) is 10.9 Å². The molecule has 0 unspecified atom stereocenters. The van der Waals surface area contributed by atoms with Gasteiger partial charge in [0.05, 0.1) is 11.0 Å². The second-order valence-corrected chi connectivity index (χ2v) is 5.13. The summed E-state index contributed by atoms with van der Waals surface area (Å²) < 4.78 is 1.12. The Hall–Kier alpha value is -3.41. The Labute approximate surface area is 129 Å². The molecule has 4 rings (SSSR count). The molecule has 23 heavy (non-hydrogen) atoms. The normalized spacial score (nSPS) is 11.1. The van der Waals surface area contributed by atoms with E-state index in [0.29, 0.717) is 22.0 Å². The molecule has 6 heteroatoms. The van der Waals surface area contributed by atoms with Crippen molar-refractivity contribution in [2.75, 3.05) is 0 Å². The fraction of sp³-hybridized carbons (Fsp3) is 0. The largest absolute Gasteiger partial charge is 0.478 e. The van der Waals surface area contributed by atoms with Gasteiger partial charge in [-0.15, -0.1) is 0 Å². The minimum absolute atomic E-state index is 0.0264. The Morgan fingerprint density at radius 2 is 1.74 bits per heavy atom. The van der Waals surface area contributed by atoms with Crippen LogP contribution in [0.1, 0.15) is 10.4 Å². The Balaban J connectivity index is 2.24. The molecular formula is C17H11N3O3. The molecule has 0 saturated carbocycles. The van der Waals surface area contributed by atoms with E-state index in [4.69, 9.17) is 0 Å². The molecule has 0 fully saturated rings. The van der Waals surface area contributed by atoms with Gasteiger partial charge >= 0.3 is 11.7 Å². The van der Waals surface area contributed by atoms with Crippen LogP contribution in [-0.4, -0.2) is 25.7 Å². The SMILES string of the molecule is O=C(O)c1c(-c2ccccc2)nn2c(=O)[nH]c3ccccc3c12. The number of carboxylic acid groups (broad SMARTS) is 1. The number of para-hydroxylation sites is 1. The van der Waals surface area contributed by atoms with Crippen molar-refractivity contribution in [1.82, 2.24) is 14.6 Å². The zero-order valence-corrected chi connectivity index (χ0v) is 11.9. The zero-order chi connectivity index (χ0) is 16.0. The van der Waals surface area contributed by atoms with Crippen molar-refractivity contribution in [1.29, 1.82) is 0 Å². The van der Waals surface area contributed by atoms with E-state index in [-0.39, 0.29) is 11.3 Å². The lowest BCUT2D eigenvalue weighted by Crippen LogP contribution is -2.17. The molecule has 2 heterocycles. The number of benzene rings is 2. The smallest absolute Gasteiger partial charge is 0.347 e. The number of carbonyl (C=O) groups is 1. The molecule has 0 aliphatic heterocycles. The van der Waals surface area contributed by atoms with Crippen LogP contribution < -0.4 is 5.69 Å².